The van der Waals surface area contributed by atoms with E-state index < -0.39 is 47.9 Å². The Balaban J connectivity index is 0.000000219. The van der Waals surface area contributed by atoms with Gasteiger partial charge >= 0.3 is 11.9 Å². The Kier molecular flexibility index (Phi) is 28.3. The van der Waals surface area contributed by atoms with Crippen LogP contribution in [0.3, 0.4) is 0 Å². The molecule has 91 heavy (non-hydrogen) atoms. The summed E-state index contributed by atoms with van der Waals surface area (Å²) in [5, 5.41) is 17.0. The van der Waals surface area contributed by atoms with E-state index in [1.54, 1.807) is 0 Å². The number of fused-ring (bicyclic) bond motifs is 2. The van der Waals surface area contributed by atoms with Gasteiger partial charge in [-0.3, -0.25) is 9.59 Å². The maximum absolute atomic E-state index is 14.6. The molecule has 0 radical (unpaired) electrons. The quantitative estimate of drug-likeness (QED) is 0.0266. The number of carbonyl (C=O) groups excluding carboxylic acids is 4. The molecule has 3 unspecified atom stereocenters. The average Bonchev–Trinajstić information content (AvgIpc) is 1.66. The Bertz CT molecular complexity index is 3220. The largest absolute Gasteiger partial charge is 0.508 e. The molecule has 2 amide bonds. The van der Waals surface area contributed by atoms with Gasteiger partial charge in [-0.1, -0.05) is 84.9 Å². The number of amides is 2. The zero-order chi connectivity index (χ0) is 64.0. The van der Waals surface area contributed by atoms with E-state index in [1.807, 2.05) is 97.1 Å². The lowest BCUT2D eigenvalue weighted by molar-refractivity contribution is -0.147. The van der Waals surface area contributed by atoms with Crippen molar-refractivity contribution < 1.29 is 75.7 Å². The van der Waals surface area contributed by atoms with E-state index >= 15 is 0 Å². The highest BCUT2D eigenvalue weighted by atomic mass is 19.1. The number of halogens is 2. The van der Waals surface area contributed by atoms with Crippen molar-refractivity contribution >= 4 is 35.1 Å². The maximum atomic E-state index is 14.6. The molecule has 6 aromatic carbocycles. The molecule has 0 bridgehead atoms. The monoisotopic (exact) mass is 1260 g/mol. The van der Waals surface area contributed by atoms with Crippen molar-refractivity contribution in [3.05, 3.63) is 190 Å². The van der Waals surface area contributed by atoms with Gasteiger partial charge in [0.25, 0.3) is 11.8 Å². The summed E-state index contributed by atoms with van der Waals surface area (Å²) in [5.74, 6) is -3.36. The fourth-order valence-electron chi connectivity index (χ4n) is 10.9. The first kappa shape index (κ1) is 68.9. The Hall–Kier alpha value is -7.98. The van der Waals surface area contributed by atoms with Crippen LogP contribution in [0.25, 0.3) is 0 Å². The first-order valence-electron chi connectivity index (χ1n) is 31.6. The third kappa shape index (κ3) is 20.8. The summed E-state index contributed by atoms with van der Waals surface area (Å²) in [6.45, 7) is 9.23. The van der Waals surface area contributed by atoms with Crippen molar-refractivity contribution in [1.29, 1.82) is 0 Å². The fraction of sp³-hybridized carbons (Fsp3) is 0.437. The van der Waals surface area contributed by atoms with E-state index in [2.05, 4.69) is 10.6 Å². The molecule has 2 fully saturated rings. The van der Waals surface area contributed by atoms with Gasteiger partial charge in [0.15, 0.2) is 18.4 Å². The van der Waals surface area contributed by atoms with Crippen molar-refractivity contribution in [2.75, 3.05) is 97.4 Å². The number of rotatable bonds is 32. The first-order valence-corrected chi connectivity index (χ1v) is 31.6. The van der Waals surface area contributed by atoms with E-state index in [0.717, 1.165) is 105 Å². The van der Waals surface area contributed by atoms with Crippen LogP contribution >= 0.6 is 0 Å². The Morgan fingerprint density at radius 3 is 1.51 bits per heavy atom. The number of hydrogen-bond acceptors (Lipinski definition) is 16. The highest BCUT2D eigenvalue weighted by Crippen LogP contribution is 2.41. The lowest BCUT2D eigenvalue weighted by Gasteiger charge is -2.29. The van der Waals surface area contributed by atoms with Crippen LogP contribution in [0.5, 0.6) is 11.5 Å². The molecule has 4 aliphatic heterocycles. The summed E-state index contributed by atoms with van der Waals surface area (Å²) in [7, 11) is 2.44. The van der Waals surface area contributed by atoms with Gasteiger partial charge in [-0.2, -0.15) is 0 Å². The van der Waals surface area contributed by atoms with Crippen molar-refractivity contribution in [3.8, 4) is 11.5 Å². The number of nitrogens with one attached hydrogen (secondary N) is 2. The molecule has 4 aliphatic rings. The third-order valence-electron chi connectivity index (χ3n) is 15.6. The van der Waals surface area contributed by atoms with Gasteiger partial charge in [0.1, 0.15) is 23.1 Å². The number of methoxy groups -OCH3 is 2. The van der Waals surface area contributed by atoms with Crippen molar-refractivity contribution in [2.45, 2.75) is 115 Å². The van der Waals surface area contributed by atoms with Crippen LogP contribution in [0.1, 0.15) is 137 Å². The molecule has 0 saturated carbocycles. The molecule has 6 aromatic rings. The second-order valence-corrected chi connectivity index (χ2v) is 22.3. The number of phenolic OH excluding ortho intramolecular Hbond substituents is 1. The van der Waals surface area contributed by atoms with Crippen LogP contribution in [0, 0.1) is 11.6 Å². The minimum atomic E-state index is -1.28. The van der Waals surface area contributed by atoms with E-state index in [-0.39, 0.29) is 41.6 Å². The van der Waals surface area contributed by atoms with Gasteiger partial charge in [-0.25, -0.2) is 18.4 Å². The van der Waals surface area contributed by atoms with Gasteiger partial charge in [-0.15, -0.1) is 0 Å². The maximum Gasteiger partial charge on any atom is 0.333 e. The molecule has 18 nitrogen and oxygen atoms in total. The van der Waals surface area contributed by atoms with Crippen LogP contribution < -0.4 is 15.4 Å². The molecular weight excluding hydrogens is 1170 g/mol. The second kappa shape index (κ2) is 37.4. The average molecular weight is 1260 g/mol. The topological polar surface area (TPSA) is 202 Å². The SMILES string of the molecule is C1CCOC1.COC(=O)C(c1cc(F)ccc1O)N1Cc2cccc(NCCCCOCCCOCc3ccccc3)c2C1=O.COC(=O)C(c1cc(F)ccc1OC1CCCCO1)N1Cc2cccc(NCCCCOCCCOCc3ccccc3)c2C1=O. The molecule has 3 N–H and O–H groups in total. The number of phenols is 1. The number of ether oxygens (including phenoxy) is 9. The number of unbranched alkanes of at least 4 members (excludes halogenated alkanes) is 2. The summed E-state index contributed by atoms with van der Waals surface area (Å²) in [6.07, 6.45) is 9.69. The number of aromatic hydroxyl groups is 1. The third-order valence-corrected chi connectivity index (χ3v) is 15.6. The summed E-state index contributed by atoms with van der Waals surface area (Å²) >= 11 is 0. The highest BCUT2D eigenvalue weighted by Gasteiger charge is 2.43. The fourth-order valence-corrected chi connectivity index (χ4v) is 10.9. The minimum Gasteiger partial charge on any atom is -0.508 e. The first-order chi connectivity index (χ1) is 44.5. The highest BCUT2D eigenvalue weighted by molar-refractivity contribution is 6.06. The molecule has 488 valence electrons. The van der Waals surface area contributed by atoms with Crippen LogP contribution in [0.2, 0.25) is 0 Å². The molecule has 10 rings (SSSR count). The van der Waals surface area contributed by atoms with Gasteiger partial charge in [0.2, 0.25) is 0 Å². The molecule has 0 aliphatic carbocycles. The molecule has 20 heteroatoms. The zero-order valence-corrected chi connectivity index (χ0v) is 52.2. The van der Waals surface area contributed by atoms with Gasteiger partial charge in [0, 0.05) is 108 Å². The van der Waals surface area contributed by atoms with Crippen LogP contribution in [0.4, 0.5) is 20.2 Å². The van der Waals surface area contributed by atoms with Gasteiger partial charge in [0.05, 0.1) is 45.2 Å². The number of anilines is 2. The van der Waals surface area contributed by atoms with Crippen molar-refractivity contribution in [2.24, 2.45) is 0 Å². The predicted molar refractivity (Wildman–Crippen MR) is 339 cm³/mol. The minimum absolute atomic E-state index is 0.0229. The predicted octanol–water partition coefficient (Wildman–Crippen LogP) is 12.4. The van der Waals surface area contributed by atoms with E-state index in [9.17, 15) is 33.1 Å². The number of nitrogens with zero attached hydrogens (tertiary/aromatic N) is 2. The van der Waals surface area contributed by atoms with Crippen molar-refractivity contribution in [1.82, 2.24) is 9.80 Å². The number of esters is 2. The van der Waals surface area contributed by atoms with Gasteiger partial charge in [-0.05, 0) is 135 Å². The molecule has 0 aromatic heterocycles. The lowest BCUT2D eigenvalue weighted by Crippen LogP contribution is -2.36. The van der Waals surface area contributed by atoms with E-state index in [1.165, 1.54) is 55.1 Å². The Morgan fingerprint density at radius 1 is 0.549 bits per heavy atom. The Labute approximate surface area is 532 Å². The zero-order valence-electron chi connectivity index (χ0n) is 52.2. The van der Waals surface area contributed by atoms with Crippen LogP contribution in [0.15, 0.2) is 133 Å². The summed E-state index contributed by atoms with van der Waals surface area (Å²) in [4.78, 5) is 56.0. The standard InChI is InChI=1S/C36H43FN2O7.C31H35FN2O6.C4H8O/c1-42-36(41)34(29-23-28(37)16-17-31(29)46-32-15-5-7-22-45-32)39-24-27-13-9-14-30(33(27)35(39)40)38-18-6-8-19-43-20-10-21-44-25-26-11-3-2-4-12-26;1-38-31(37)29(25-19-24(32)13-14-27(25)35)34-20-23-11-7-12-26(28(23)30(34)36)33-15-5-6-16-39-17-8-18-40-21-22-9-3-2-4-10-22;1-2-4-5-3-1/h2-4,9,11-14,16-17,23,32,34,38H,5-8,10,15,18-22,24-25H2,1H3;2-4,7,9-14,19,29,33,35H,5-6,8,15-18,20-21H2,1H3;1-4H2. The normalized spacial score (nSPS) is 15.5. The molecule has 2 saturated heterocycles. The molecule has 3 atom stereocenters. The van der Waals surface area contributed by atoms with Gasteiger partial charge < -0.3 is 68.2 Å². The van der Waals surface area contributed by atoms with Crippen LogP contribution in [-0.4, -0.2) is 132 Å². The smallest absolute Gasteiger partial charge is 0.333 e. The number of carbonyl (C=O) groups is 4. The van der Waals surface area contributed by atoms with E-state index in [0.29, 0.717) is 101 Å². The molecule has 0 spiro atoms. The van der Waals surface area contributed by atoms with E-state index in [4.69, 9.17) is 42.6 Å². The molecule has 4 heterocycles. The summed E-state index contributed by atoms with van der Waals surface area (Å²) in [5.41, 5.74) is 6.33. The summed E-state index contributed by atoms with van der Waals surface area (Å²) in [6, 6.07) is 36.0. The Morgan fingerprint density at radius 2 is 1.02 bits per heavy atom. The summed E-state index contributed by atoms with van der Waals surface area (Å²) < 4.78 is 78.1. The van der Waals surface area contributed by atoms with Crippen molar-refractivity contribution in [3.63, 3.8) is 0 Å². The number of benzene rings is 6. The second-order valence-electron chi connectivity index (χ2n) is 22.3. The number of hydrogen-bond donors (Lipinski definition) is 3. The van der Waals surface area contributed by atoms with Crippen LogP contribution in [-0.2, 0) is 73.8 Å². The lowest BCUT2D eigenvalue weighted by atomic mass is 10.0. The molecular formula is C71H86F2N4O14.